The summed E-state index contributed by atoms with van der Waals surface area (Å²) in [6.07, 6.45) is 1.91. The van der Waals surface area contributed by atoms with Crippen LogP contribution in [0.2, 0.25) is 0 Å². The first-order valence-corrected chi connectivity index (χ1v) is 7.24. The summed E-state index contributed by atoms with van der Waals surface area (Å²) >= 11 is 0. The quantitative estimate of drug-likeness (QED) is 0.842. The van der Waals surface area contributed by atoms with Gasteiger partial charge in [0.25, 0.3) is 0 Å². The van der Waals surface area contributed by atoms with E-state index in [4.69, 9.17) is 11.5 Å². The molecule has 1 aliphatic heterocycles. The zero-order valence-electron chi connectivity index (χ0n) is 12.2. The number of alkyl halides is 3. The summed E-state index contributed by atoms with van der Waals surface area (Å²) in [6, 6.07) is 5.26. The lowest BCUT2D eigenvalue weighted by Crippen LogP contribution is -2.32. The van der Waals surface area contributed by atoms with Gasteiger partial charge in [-0.2, -0.15) is 13.2 Å². The van der Waals surface area contributed by atoms with Gasteiger partial charge in [0, 0.05) is 24.4 Å². The Kier molecular flexibility index (Phi) is 5.00. The van der Waals surface area contributed by atoms with Gasteiger partial charge in [-0.3, -0.25) is 0 Å². The molecule has 0 amide bonds. The van der Waals surface area contributed by atoms with Crippen LogP contribution in [0, 0.1) is 0 Å². The van der Waals surface area contributed by atoms with E-state index in [0.717, 1.165) is 32.0 Å². The number of halogens is 3. The van der Waals surface area contributed by atoms with Gasteiger partial charge in [0.05, 0.1) is 11.4 Å². The number of allylic oxidation sites excluding steroid dienone is 2. The van der Waals surface area contributed by atoms with E-state index in [9.17, 15) is 13.2 Å². The Morgan fingerprint density at radius 1 is 1.00 bits per heavy atom. The van der Waals surface area contributed by atoms with E-state index in [2.05, 4.69) is 0 Å². The van der Waals surface area contributed by atoms with Gasteiger partial charge >= 0.3 is 6.18 Å². The first-order valence-electron chi connectivity index (χ1n) is 7.24. The molecule has 1 aliphatic rings. The average molecular weight is 311 g/mol. The molecule has 0 aromatic heterocycles. The SMILES string of the molecule is N/C(=C\C=C(/N)N1CCCCC1)c1ccccc1C(F)(F)F. The maximum atomic E-state index is 13.0. The third kappa shape index (κ3) is 3.96. The number of hydrogen-bond donors (Lipinski definition) is 2. The van der Waals surface area contributed by atoms with Crippen molar-refractivity contribution < 1.29 is 13.2 Å². The van der Waals surface area contributed by atoms with E-state index < -0.39 is 11.7 Å². The Balaban J connectivity index is 2.22. The molecule has 0 radical (unpaired) electrons. The summed E-state index contributed by atoms with van der Waals surface area (Å²) < 4.78 is 38.9. The Bertz CT molecular complexity index is 570. The molecule has 1 aromatic rings. The van der Waals surface area contributed by atoms with Gasteiger partial charge in [-0.05, 0) is 37.5 Å². The van der Waals surface area contributed by atoms with Gasteiger partial charge in [0.15, 0.2) is 0 Å². The van der Waals surface area contributed by atoms with Gasteiger partial charge in [-0.25, -0.2) is 0 Å². The maximum absolute atomic E-state index is 13.0. The van der Waals surface area contributed by atoms with E-state index >= 15 is 0 Å². The molecule has 0 bridgehead atoms. The van der Waals surface area contributed by atoms with E-state index in [1.54, 1.807) is 6.08 Å². The minimum atomic E-state index is -4.43. The minimum absolute atomic E-state index is 0.0299. The normalized spacial score (nSPS) is 17.7. The van der Waals surface area contributed by atoms with Crippen LogP contribution in [0.4, 0.5) is 13.2 Å². The van der Waals surface area contributed by atoms with E-state index in [1.807, 2.05) is 4.90 Å². The van der Waals surface area contributed by atoms with Crippen LogP contribution in [0.25, 0.3) is 5.70 Å². The monoisotopic (exact) mass is 311 g/mol. The van der Waals surface area contributed by atoms with E-state index in [-0.39, 0.29) is 11.3 Å². The van der Waals surface area contributed by atoms with Crippen LogP contribution in [-0.2, 0) is 6.18 Å². The summed E-state index contributed by atoms with van der Waals surface area (Å²) in [5.41, 5.74) is 11.1. The molecule has 0 atom stereocenters. The predicted octanol–water partition coefficient (Wildman–Crippen LogP) is 3.29. The molecule has 2 rings (SSSR count). The molecule has 1 heterocycles. The summed E-state index contributed by atoms with van der Waals surface area (Å²) in [7, 11) is 0. The first-order chi connectivity index (χ1) is 10.4. The highest BCUT2D eigenvalue weighted by atomic mass is 19.4. The third-order valence-electron chi connectivity index (χ3n) is 3.70. The van der Waals surface area contributed by atoms with Gasteiger partial charge < -0.3 is 16.4 Å². The standard InChI is InChI=1S/C16H20F3N3/c17-16(18,19)13-7-3-2-6-12(13)14(20)8-9-15(21)22-10-4-1-5-11-22/h2-3,6-9H,1,4-5,10-11,20-21H2/b14-8-,15-9+. The summed E-state index contributed by atoms with van der Waals surface area (Å²) in [6.45, 7) is 1.74. The van der Waals surface area contributed by atoms with Crippen LogP contribution in [0.15, 0.2) is 42.2 Å². The lowest BCUT2D eigenvalue weighted by Gasteiger charge is -2.28. The second kappa shape index (κ2) is 6.77. The molecule has 120 valence electrons. The molecule has 0 saturated carbocycles. The molecule has 6 heteroatoms. The Morgan fingerprint density at radius 2 is 1.64 bits per heavy atom. The molecule has 22 heavy (non-hydrogen) atoms. The van der Waals surface area contributed by atoms with Crippen LogP contribution in [0.1, 0.15) is 30.4 Å². The molecule has 1 aromatic carbocycles. The first kappa shape index (κ1) is 16.3. The van der Waals surface area contributed by atoms with Crippen LogP contribution in [0.3, 0.4) is 0 Å². The number of piperidine rings is 1. The minimum Gasteiger partial charge on any atom is -0.398 e. The van der Waals surface area contributed by atoms with Crippen molar-refractivity contribution in [3.8, 4) is 0 Å². The lowest BCUT2D eigenvalue weighted by atomic mass is 10.0. The Labute approximate surface area is 128 Å². The van der Waals surface area contributed by atoms with Gasteiger partial charge in [0.2, 0.25) is 0 Å². The molecule has 0 aliphatic carbocycles. The van der Waals surface area contributed by atoms with Crippen LogP contribution < -0.4 is 11.5 Å². The highest BCUT2D eigenvalue weighted by molar-refractivity contribution is 5.67. The average Bonchev–Trinajstić information content (AvgIpc) is 2.52. The Hall–Kier alpha value is -2.11. The van der Waals surface area contributed by atoms with Crippen LogP contribution in [0.5, 0.6) is 0 Å². The van der Waals surface area contributed by atoms with Crippen LogP contribution >= 0.6 is 0 Å². The largest absolute Gasteiger partial charge is 0.417 e. The van der Waals surface area contributed by atoms with Crippen LogP contribution in [-0.4, -0.2) is 18.0 Å². The van der Waals surface area contributed by atoms with E-state index in [1.165, 1.54) is 30.7 Å². The highest BCUT2D eigenvalue weighted by Gasteiger charge is 2.33. The zero-order valence-corrected chi connectivity index (χ0v) is 12.2. The molecular weight excluding hydrogens is 291 g/mol. The number of benzene rings is 1. The molecule has 1 saturated heterocycles. The fourth-order valence-corrected chi connectivity index (χ4v) is 2.50. The smallest absolute Gasteiger partial charge is 0.398 e. The van der Waals surface area contributed by atoms with Crippen molar-refractivity contribution in [2.24, 2.45) is 11.5 Å². The van der Waals surface area contributed by atoms with Gasteiger partial charge in [-0.15, -0.1) is 0 Å². The fourth-order valence-electron chi connectivity index (χ4n) is 2.50. The molecule has 3 nitrogen and oxygen atoms in total. The Morgan fingerprint density at radius 3 is 2.27 bits per heavy atom. The fraction of sp³-hybridized carbons (Fsp3) is 0.375. The number of hydrogen-bond acceptors (Lipinski definition) is 3. The van der Waals surface area contributed by atoms with E-state index in [0.29, 0.717) is 5.82 Å². The summed E-state index contributed by atoms with van der Waals surface area (Å²) in [5.74, 6) is 0.534. The van der Waals surface area contributed by atoms with Crippen molar-refractivity contribution in [2.45, 2.75) is 25.4 Å². The molecule has 0 spiro atoms. The predicted molar refractivity (Wildman–Crippen MR) is 81.3 cm³/mol. The summed E-state index contributed by atoms with van der Waals surface area (Å²) in [4.78, 5) is 2.02. The summed E-state index contributed by atoms with van der Waals surface area (Å²) in [5, 5.41) is 0. The molecular formula is C16H20F3N3. The number of nitrogens with two attached hydrogens (primary N) is 2. The maximum Gasteiger partial charge on any atom is 0.417 e. The van der Waals surface area contributed by atoms with Gasteiger partial charge in [0.1, 0.15) is 0 Å². The van der Waals surface area contributed by atoms with Crippen molar-refractivity contribution in [3.63, 3.8) is 0 Å². The second-order valence-corrected chi connectivity index (χ2v) is 5.30. The van der Waals surface area contributed by atoms with Crippen molar-refractivity contribution in [3.05, 3.63) is 53.4 Å². The van der Waals surface area contributed by atoms with Crippen molar-refractivity contribution in [2.75, 3.05) is 13.1 Å². The highest BCUT2D eigenvalue weighted by Crippen LogP contribution is 2.33. The number of likely N-dealkylation sites (tertiary alicyclic amines) is 1. The number of rotatable bonds is 3. The van der Waals surface area contributed by atoms with Crippen molar-refractivity contribution >= 4 is 5.70 Å². The molecule has 4 N–H and O–H groups in total. The third-order valence-corrected chi connectivity index (χ3v) is 3.70. The topological polar surface area (TPSA) is 55.3 Å². The molecule has 0 unspecified atom stereocenters. The van der Waals surface area contributed by atoms with Gasteiger partial charge in [-0.1, -0.05) is 18.2 Å². The second-order valence-electron chi connectivity index (χ2n) is 5.30. The van der Waals surface area contributed by atoms with Crippen molar-refractivity contribution in [1.29, 1.82) is 0 Å². The van der Waals surface area contributed by atoms with Crippen molar-refractivity contribution in [1.82, 2.24) is 4.90 Å². The molecule has 1 fully saturated rings. The zero-order chi connectivity index (χ0) is 16.2. The number of nitrogens with zero attached hydrogens (tertiary/aromatic N) is 1. The lowest BCUT2D eigenvalue weighted by molar-refractivity contribution is -0.137.